The molecule has 0 spiro atoms. The van der Waals surface area contributed by atoms with E-state index in [4.69, 9.17) is 11.6 Å². The molecule has 0 heterocycles. The fourth-order valence-electron chi connectivity index (χ4n) is 2.55. The molecule has 0 aromatic heterocycles. The van der Waals surface area contributed by atoms with Gasteiger partial charge in [0.15, 0.2) is 0 Å². The van der Waals surface area contributed by atoms with E-state index in [9.17, 15) is 4.39 Å². The van der Waals surface area contributed by atoms with Crippen molar-refractivity contribution in [3.63, 3.8) is 0 Å². The van der Waals surface area contributed by atoms with Crippen LogP contribution in [0.5, 0.6) is 0 Å². The van der Waals surface area contributed by atoms with Gasteiger partial charge in [-0.3, -0.25) is 0 Å². The van der Waals surface area contributed by atoms with Gasteiger partial charge >= 0.3 is 0 Å². The lowest BCUT2D eigenvalue weighted by Gasteiger charge is -2.21. The second-order valence-electron chi connectivity index (χ2n) is 5.60. The summed E-state index contributed by atoms with van der Waals surface area (Å²) in [5.41, 5.74) is 0.972. The van der Waals surface area contributed by atoms with Gasteiger partial charge in [-0.1, -0.05) is 38.4 Å². The summed E-state index contributed by atoms with van der Waals surface area (Å²) in [4.78, 5) is 0. The zero-order chi connectivity index (χ0) is 13.5. The van der Waals surface area contributed by atoms with Gasteiger partial charge in [0.1, 0.15) is 5.82 Å². The Morgan fingerprint density at radius 1 is 1.56 bits per heavy atom. The van der Waals surface area contributed by atoms with E-state index in [-0.39, 0.29) is 16.9 Å². The van der Waals surface area contributed by atoms with E-state index in [1.54, 1.807) is 0 Å². The van der Waals surface area contributed by atoms with Crippen molar-refractivity contribution in [3.05, 3.63) is 33.0 Å². The fourth-order valence-corrected chi connectivity index (χ4v) is 3.03. The first-order valence-corrected chi connectivity index (χ1v) is 7.42. The molecule has 1 saturated carbocycles. The number of hydrogen-bond acceptors (Lipinski definition) is 1. The summed E-state index contributed by atoms with van der Waals surface area (Å²) < 4.78 is 14.9. The summed E-state index contributed by atoms with van der Waals surface area (Å²) in [7, 11) is 0. The second-order valence-corrected chi connectivity index (χ2v) is 6.83. The first-order valence-electron chi connectivity index (χ1n) is 6.25. The molecule has 0 aliphatic heterocycles. The predicted molar refractivity (Wildman–Crippen MR) is 77.4 cm³/mol. The monoisotopic (exact) mass is 333 g/mol. The third kappa shape index (κ3) is 2.59. The maximum Gasteiger partial charge on any atom is 0.147 e. The molecule has 100 valence electrons. The summed E-state index contributed by atoms with van der Waals surface area (Å²) in [6.07, 6.45) is 1.12. The topological polar surface area (TPSA) is 12.0 Å². The number of halogens is 3. The summed E-state index contributed by atoms with van der Waals surface area (Å²) in [5, 5.41) is 3.56. The van der Waals surface area contributed by atoms with Crippen molar-refractivity contribution in [2.75, 3.05) is 6.54 Å². The molecule has 2 unspecified atom stereocenters. The van der Waals surface area contributed by atoms with Gasteiger partial charge in [-0.15, -0.1) is 0 Å². The smallest absolute Gasteiger partial charge is 0.147 e. The van der Waals surface area contributed by atoms with Gasteiger partial charge in [0.05, 0.1) is 5.02 Å². The Labute approximate surface area is 121 Å². The van der Waals surface area contributed by atoms with Crippen LogP contribution in [0.3, 0.4) is 0 Å². The molecule has 1 aliphatic rings. The zero-order valence-electron chi connectivity index (χ0n) is 10.9. The molecule has 0 bridgehead atoms. The van der Waals surface area contributed by atoms with Gasteiger partial charge in [0, 0.05) is 16.1 Å². The van der Waals surface area contributed by atoms with E-state index in [0.717, 1.165) is 13.0 Å². The van der Waals surface area contributed by atoms with Crippen LogP contribution < -0.4 is 5.32 Å². The standard InChI is InChI=1S/C14H18BrClFN/c1-4-18-13(9-7-14(9,2)3)8-5-6-10(15)11(16)12(8)17/h5-6,9,13,18H,4,7H2,1-3H3. The average Bonchev–Trinajstić information content (AvgIpc) is 2.93. The molecule has 18 heavy (non-hydrogen) atoms. The van der Waals surface area contributed by atoms with Crippen molar-refractivity contribution < 1.29 is 4.39 Å². The third-order valence-electron chi connectivity index (χ3n) is 3.82. The zero-order valence-corrected chi connectivity index (χ0v) is 13.2. The highest BCUT2D eigenvalue weighted by Crippen LogP contribution is 2.58. The molecule has 1 N–H and O–H groups in total. The Balaban J connectivity index is 2.35. The lowest BCUT2D eigenvalue weighted by molar-refractivity contribution is 0.410. The molecule has 2 atom stereocenters. The van der Waals surface area contributed by atoms with Crippen molar-refractivity contribution in [2.45, 2.75) is 33.2 Å². The summed E-state index contributed by atoms with van der Waals surface area (Å²) in [6, 6.07) is 3.70. The van der Waals surface area contributed by atoms with Gasteiger partial charge in [0.25, 0.3) is 0 Å². The van der Waals surface area contributed by atoms with Crippen LogP contribution in [-0.4, -0.2) is 6.54 Å². The highest BCUT2D eigenvalue weighted by molar-refractivity contribution is 9.10. The Kier molecular flexibility index (Phi) is 4.05. The van der Waals surface area contributed by atoms with Crippen LogP contribution in [0.4, 0.5) is 4.39 Å². The summed E-state index contributed by atoms with van der Waals surface area (Å²) in [6.45, 7) is 7.31. The van der Waals surface area contributed by atoms with E-state index in [2.05, 4.69) is 35.1 Å². The third-order valence-corrected chi connectivity index (χ3v) is 5.07. The largest absolute Gasteiger partial charge is 0.310 e. The molecular weight excluding hydrogens is 317 g/mol. The number of nitrogens with one attached hydrogen (secondary N) is 1. The first-order chi connectivity index (χ1) is 8.38. The Hall–Kier alpha value is -0.120. The highest BCUT2D eigenvalue weighted by Gasteiger charge is 2.50. The van der Waals surface area contributed by atoms with Crippen LogP contribution >= 0.6 is 27.5 Å². The van der Waals surface area contributed by atoms with Crippen LogP contribution in [0.25, 0.3) is 0 Å². The summed E-state index contributed by atoms with van der Waals surface area (Å²) >= 11 is 9.22. The normalized spacial score (nSPS) is 22.9. The number of rotatable bonds is 4. The molecule has 0 saturated heterocycles. The average molecular weight is 335 g/mol. The number of hydrogen-bond donors (Lipinski definition) is 1. The SMILES string of the molecule is CCNC(c1ccc(Br)c(Cl)c1F)C1CC1(C)C. The van der Waals surface area contributed by atoms with Crippen LogP contribution in [0.2, 0.25) is 5.02 Å². The lowest BCUT2D eigenvalue weighted by Crippen LogP contribution is -2.25. The van der Waals surface area contributed by atoms with Crippen molar-refractivity contribution in [1.82, 2.24) is 5.32 Å². The molecule has 4 heteroatoms. The molecule has 1 aromatic rings. The molecule has 1 aliphatic carbocycles. The first kappa shape index (κ1) is 14.3. The van der Waals surface area contributed by atoms with E-state index in [1.165, 1.54) is 0 Å². The lowest BCUT2D eigenvalue weighted by atomic mass is 9.96. The van der Waals surface area contributed by atoms with Crippen LogP contribution in [-0.2, 0) is 0 Å². The molecule has 1 aromatic carbocycles. The molecule has 1 nitrogen and oxygen atoms in total. The molecule has 2 rings (SSSR count). The highest BCUT2D eigenvalue weighted by atomic mass is 79.9. The van der Waals surface area contributed by atoms with E-state index < -0.39 is 0 Å². The van der Waals surface area contributed by atoms with Crippen molar-refractivity contribution in [1.29, 1.82) is 0 Å². The van der Waals surface area contributed by atoms with E-state index in [0.29, 0.717) is 21.4 Å². The van der Waals surface area contributed by atoms with Crippen molar-refractivity contribution in [3.8, 4) is 0 Å². The van der Waals surface area contributed by atoms with Gasteiger partial charge in [-0.2, -0.15) is 0 Å². The maximum atomic E-state index is 14.3. The van der Waals surface area contributed by atoms with Crippen LogP contribution in [0.15, 0.2) is 16.6 Å². The van der Waals surface area contributed by atoms with E-state index in [1.807, 2.05) is 19.1 Å². The van der Waals surface area contributed by atoms with Gasteiger partial charge in [0.2, 0.25) is 0 Å². The molecule has 1 fully saturated rings. The number of benzene rings is 1. The minimum absolute atomic E-state index is 0.0515. The predicted octanol–water partition coefficient (Wildman–Crippen LogP) is 4.94. The van der Waals surface area contributed by atoms with Gasteiger partial charge in [-0.25, -0.2) is 4.39 Å². The van der Waals surface area contributed by atoms with Gasteiger partial charge < -0.3 is 5.32 Å². The van der Waals surface area contributed by atoms with Gasteiger partial charge in [-0.05, 0) is 46.3 Å². The Bertz CT molecular complexity index is 461. The maximum absolute atomic E-state index is 14.3. The quantitative estimate of drug-likeness (QED) is 0.769. The van der Waals surface area contributed by atoms with E-state index >= 15 is 0 Å². The molecular formula is C14H18BrClFN. The van der Waals surface area contributed by atoms with Crippen molar-refractivity contribution in [2.24, 2.45) is 11.3 Å². The fraction of sp³-hybridized carbons (Fsp3) is 0.571. The minimum atomic E-state index is -0.306. The Morgan fingerprint density at radius 2 is 2.17 bits per heavy atom. The van der Waals surface area contributed by atoms with Crippen LogP contribution in [0.1, 0.15) is 38.8 Å². The Morgan fingerprint density at radius 3 is 2.67 bits per heavy atom. The molecule has 0 radical (unpaired) electrons. The minimum Gasteiger partial charge on any atom is -0.310 e. The molecule has 0 amide bonds. The summed E-state index contributed by atoms with van der Waals surface area (Å²) in [5.74, 6) is 0.170. The van der Waals surface area contributed by atoms with Crippen molar-refractivity contribution >= 4 is 27.5 Å². The second kappa shape index (κ2) is 5.10. The van der Waals surface area contributed by atoms with Crippen LogP contribution in [0, 0.1) is 17.2 Å².